The molecule has 2 aromatic carbocycles. The minimum atomic E-state index is -0.604. The molecule has 0 amide bonds. The molecule has 0 aliphatic heterocycles. The lowest BCUT2D eigenvalue weighted by Crippen LogP contribution is -2.13. The van der Waals surface area contributed by atoms with E-state index in [1.807, 2.05) is 36.4 Å². The van der Waals surface area contributed by atoms with Crippen LogP contribution in [-0.4, -0.2) is 36.9 Å². The van der Waals surface area contributed by atoms with Gasteiger partial charge in [-0.3, -0.25) is 0 Å². The number of carbonyl (C=O) groups excluding carboxylic acids is 2. The Labute approximate surface area is 238 Å². The van der Waals surface area contributed by atoms with E-state index in [1.165, 1.54) is 37.4 Å². The average molecular weight is 551 g/mol. The number of aryl methyl sites for hydroxylation is 1. The van der Waals surface area contributed by atoms with Crippen LogP contribution >= 0.6 is 0 Å². The van der Waals surface area contributed by atoms with Gasteiger partial charge in [0.1, 0.15) is 24.0 Å². The zero-order chi connectivity index (χ0) is 29.2. The first-order valence-electron chi connectivity index (χ1n) is 13.8. The molecule has 1 atom stereocenters. The van der Waals surface area contributed by atoms with Crippen molar-refractivity contribution in [3.05, 3.63) is 96.5 Å². The number of unbranched alkanes of at least 4 members (excludes halogenated alkanes) is 2. The molecule has 0 aliphatic carbocycles. The van der Waals surface area contributed by atoms with Crippen molar-refractivity contribution in [2.45, 2.75) is 64.7 Å². The number of hydrogen-bond acceptors (Lipinski definition) is 7. The summed E-state index contributed by atoms with van der Waals surface area (Å²) in [6.07, 6.45) is 9.63. The maximum Gasteiger partial charge on any atom is 0.335 e. The molecule has 0 spiro atoms. The summed E-state index contributed by atoms with van der Waals surface area (Å²) in [5, 5.41) is 8.99. The minimum absolute atomic E-state index is 0.0222. The molecule has 1 unspecified atom stereocenters. The van der Waals surface area contributed by atoms with E-state index < -0.39 is 18.5 Å². The second-order valence-electron chi connectivity index (χ2n) is 9.62. The molecular weight excluding hydrogens is 508 g/mol. The SMILES string of the molecule is C=C(C)C(=O)OCCC(CCCOC(=O)C(=C)CO)c1ccc(O/C=C\Oc2ccc(CCCCC)cc2)cc1. The van der Waals surface area contributed by atoms with Gasteiger partial charge < -0.3 is 24.1 Å². The predicted octanol–water partition coefficient (Wildman–Crippen LogP) is 6.81. The molecule has 0 fully saturated rings. The Hall–Kier alpha value is -3.84. The van der Waals surface area contributed by atoms with Crippen LogP contribution in [0.1, 0.15) is 69.4 Å². The number of aliphatic hydroxyl groups excluding tert-OH is 1. The molecule has 0 aromatic heterocycles. The lowest BCUT2D eigenvalue weighted by molar-refractivity contribution is -0.140. The van der Waals surface area contributed by atoms with Gasteiger partial charge in [0.15, 0.2) is 0 Å². The Kier molecular flexibility index (Phi) is 14.9. The second kappa shape index (κ2) is 18.4. The Balaban J connectivity index is 1.88. The van der Waals surface area contributed by atoms with Crippen molar-refractivity contribution < 1.29 is 33.6 Å². The van der Waals surface area contributed by atoms with Gasteiger partial charge in [-0.25, -0.2) is 9.59 Å². The van der Waals surface area contributed by atoms with Crippen molar-refractivity contribution in [1.29, 1.82) is 0 Å². The number of aliphatic hydroxyl groups is 1. The van der Waals surface area contributed by atoms with Crippen molar-refractivity contribution in [1.82, 2.24) is 0 Å². The Bertz CT molecular complexity index is 1100. The van der Waals surface area contributed by atoms with E-state index in [9.17, 15) is 9.59 Å². The summed E-state index contributed by atoms with van der Waals surface area (Å²) in [6, 6.07) is 15.7. The van der Waals surface area contributed by atoms with Gasteiger partial charge in [-0.1, -0.05) is 57.2 Å². The van der Waals surface area contributed by atoms with E-state index >= 15 is 0 Å². The van der Waals surface area contributed by atoms with E-state index in [0.29, 0.717) is 30.6 Å². The third-order valence-corrected chi connectivity index (χ3v) is 6.27. The summed E-state index contributed by atoms with van der Waals surface area (Å²) in [5.74, 6) is 0.438. The molecule has 0 bridgehead atoms. The molecule has 7 heteroatoms. The Morgan fingerprint density at radius 3 is 2.00 bits per heavy atom. The molecule has 40 heavy (non-hydrogen) atoms. The smallest absolute Gasteiger partial charge is 0.335 e. The quantitative estimate of drug-likeness (QED) is 0.0889. The van der Waals surface area contributed by atoms with Crippen LogP contribution in [0.15, 0.2) is 85.4 Å². The molecular formula is C33H42O7. The molecule has 216 valence electrons. The molecule has 0 saturated heterocycles. The average Bonchev–Trinajstić information content (AvgIpc) is 2.97. The maximum absolute atomic E-state index is 11.8. The van der Waals surface area contributed by atoms with Crippen molar-refractivity contribution in [3.8, 4) is 11.5 Å². The number of ether oxygens (including phenoxy) is 4. The molecule has 7 nitrogen and oxygen atoms in total. The van der Waals surface area contributed by atoms with Gasteiger partial charge >= 0.3 is 11.9 Å². The zero-order valence-corrected chi connectivity index (χ0v) is 23.7. The highest BCUT2D eigenvalue weighted by Gasteiger charge is 2.15. The topological polar surface area (TPSA) is 91.3 Å². The number of benzene rings is 2. The first-order valence-corrected chi connectivity index (χ1v) is 13.8. The predicted molar refractivity (Wildman–Crippen MR) is 156 cm³/mol. The van der Waals surface area contributed by atoms with Crippen LogP contribution in [0.3, 0.4) is 0 Å². The fourth-order valence-electron chi connectivity index (χ4n) is 3.90. The zero-order valence-electron chi connectivity index (χ0n) is 23.7. The van der Waals surface area contributed by atoms with Crippen LogP contribution in [0.25, 0.3) is 0 Å². The van der Waals surface area contributed by atoms with E-state index in [4.69, 9.17) is 24.1 Å². The van der Waals surface area contributed by atoms with Crippen LogP contribution in [-0.2, 0) is 25.5 Å². The van der Waals surface area contributed by atoms with Crippen LogP contribution in [0, 0.1) is 0 Å². The molecule has 0 heterocycles. The molecule has 2 rings (SSSR count). The van der Waals surface area contributed by atoms with Gasteiger partial charge in [0.2, 0.25) is 0 Å². The summed E-state index contributed by atoms with van der Waals surface area (Å²) in [7, 11) is 0. The summed E-state index contributed by atoms with van der Waals surface area (Å²) in [6.45, 7) is 10.9. The van der Waals surface area contributed by atoms with Gasteiger partial charge in [-0.2, -0.15) is 0 Å². The highest BCUT2D eigenvalue weighted by atomic mass is 16.5. The van der Waals surface area contributed by atoms with Crippen LogP contribution < -0.4 is 9.47 Å². The lowest BCUT2D eigenvalue weighted by atomic mass is 9.91. The largest absolute Gasteiger partial charge is 0.462 e. The highest BCUT2D eigenvalue weighted by molar-refractivity contribution is 5.88. The van der Waals surface area contributed by atoms with Gasteiger partial charge in [-0.05, 0) is 80.3 Å². The number of carbonyl (C=O) groups is 2. The van der Waals surface area contributed by atoms with Crippen molar-refractivity contribution in [3.63, 3.8) is 0 Å². The molecule has 1 N–H and O–H groups in total. The molecule has 2 aromatic rings. The van der Waals surface area contributed by atoms with E-state index in [2.05, 4.69) is 32.2 Å². The maximum atomic E-state index is 11.8. The normalized spacial score (nSPS) is 11.6. The highest BCUT2D eigenvalue weighted by Crippen LogP contribution is 2.27. The molecule has 0 radical (unpaired) electrons. The fraction of sp³-hybridized carbons (Fsp3) is 0.394. The van der Waals surface area contributed by atoms with Crippen LogP contribution in [0.5, 0.6) is 11.5 Å². The van der Waals surface area contributed by atoms with E-state index in [-0.39, 0.29) is 24.7 Å². The van der Waals surface area contributed by atoms with Crippen molar-refractivity contribution in [2.75, 3.05) is 19.8 Å². The van der Waals surface area contributed by atoms with Crippen molar-refractivity contribution >= 4 is 11.9 Å². The van der Waals surface area contributed by atoms with Gasteiger partial charge in [0, 0.05) is 5.57 Å². The summed E-state index contributed by atoms with van der Waals surface area (Å²) in [5.41, 5.74) is 2.73. The molecule has 0 aliphatic rings. The first kappa shape index (κ1) is 32.4. The lowest BCUT2D eigenvalue weighted by Gasteiger charge is -2.18. The second-order valence-corrected chi connectivity index (χ2v) is 9.62. The monoisotopic (exact) mass is 550 g/mol. The van der Waals surface area contributed by atoms with Gasteiger partial charge in [0.05, 0.1) is 25.4 Å². The fourth-order valence-corrected chi connectivity index (χ4v) is 3.90. The Morgan fingerprint density at radius 2 is 1.43 bits per heavy atom. The van der Waals surface area contributed by atoms with Crippen LogP contribution in [0.2, 0.25) is 0 Å². The standard InChI is InChI=1S/C33H42O7/c1-5-6-7-9-27-11-15-30(16-12-27)37-22-23-38-31-17-13-29(14-18-31)28(19-21-40-32(35)25(2)3)10-8-20-39-33(36)26(4)24-34/h11-18,22-23,28,34H,2,4-10,19-21,24H2,1,3H3/b23-22-. The minimum Gasteiger partial charge on any atom is -0.462 e. The first-order chi connectivity index (χ1) is 19.3. The van der Waals surface area contributed by atoms with Gasteiger partial charge in [0.25, 0.3) is 0 Å². The third-order valence-electron chi connectivity index (χ3n) is 6.27. The van der Waals surface area contributed by atoms with Gasteiger partial charge in [-0.15, -0.1) is 0 Å². The summed E-state index contributed by atoms with van der Waals surface area (Å²) < 4.78 is 21.8. The van der Waals surface area contributed by atoms with E-state index in [0.717, 1.165) is 17.7 Å². The Morgan fingerprint density at radius 1 is 0.825 bits per heavy atom. The third kappa shape index (κ3) is 12.3. The number of rotatable bonds is 19. The summed E-state index contributed by atoms with van der Waals surface area (Å²) >= 11 is 0. The summed E-state index contributed by atoms with van der Waals surface area (Å²) in [4.78, 5) is 23.5. The number of hydrogen-bond donors (Lipinski definition) is 1. The van der Waals surface area contributed by atoms with Crippen LogP contribution in [0.4, 0.5) is 0 Å². The van der Waals surface area contributed by atoms with Crippen molar-refractivity contribution in [2.24, 2.45) is 0 Å². The van der Waals surface area contributed by atoms with E-state index in [1.54, 1.807) is 6.92 Å². The molecule has 0 saturated carbocycles. The number of esters is 2.